The number of aromatic nitrogens is 6. The highest BCUT2D eigenvalue weighted by Gasteiger charge is 2.48. The van der Waals surface area contributed by atoms with E-state index in [4.69, 9.17) is 0 Å². The fourth-order valence-corrected chi connectivity index (χ4v) is 4.95. The summed E-state index contributed by atoms with van der Waals surface area (Å²) in [5.41, 5.74) is 10.7. The molecule has 3 aliphatic rings. The van der Waals surface area contributed by atoms with Crippen LogP contribution in [0, 0.1) is 6.92 Å². The second kappa shape index (κ2) is 7.15. The van der Waals surface area contributed by atoms with Crippen LogP contribution in [0.25, 0.3) is 16.9 Å². The molecule has 13 heteroatoms. The predicted octanol–water partition coefficient (Wildman–Crippen LogP) is 2.90. The molecule has 0 amide bonds. The van der Waals surface area contributed by atoms with Gasteiger partial charge in [-0.3, -0.25) is 25.1 Å². The number of halogens is 2. The number of anilines is 3. The zero-order valence-corrected chi connectivity index (χ0v) is 19.4. The largest absolute Gasteiger partial charge is 0.324 e. The summed E-state index contributed by atoms with van der Waals surface area (Å²) in [7, 11) is 1.84. The monoisotopic (exact) mass is 481 g/mol. The molecular weight excluding hydrogens is 456 g/mol. The van der Waals surface area contributed by atoms with Crippen molar-refractivity contribution >= 4 is 28.4 Å². The first-order valence-corrected chi connectivity index (χ1v) is 11.6. The van der Waals surface area contributed by atoms with Crippen LogP contribution in [0.5, 0.6) is 0 Å². The molecule has 2 fully saturated rings. The van der Waals surface area contributed by atoms with Gasteiger partial charge in [-0.25, -0.2) is 23.8 Å². The number of hydrogen-bond donors (Lipinski definition) is 2. The lowest BCUT2D eigenvalue weighted by atomic mass is 10.2. The van der Waals surface area contributed by atoms with E-state index in [9.17, 15) is 8.78 Å². The Morgan fingerprint density at radius 1 is 1.20 bits per heavy atom. The minimum absolute atomic E-state index is 0.302. The van der Waals surface area contributed by atoms with Crippen molar-refractivity contribution in [2.45, 2.75) is 31.7 Å². The van der Waals surface area contributed by atoms with E-state index in [1.165, 1.54) is 0 Å². The molecule has 6 heterocycles. The van der Waals surface area contributed by atoms with E-state index >= 15 is 0 Å². The number of pyridine rings is 1. The lowest BCUT2D eigenvalue weighted by Crippen LogP contribution is -2.66. The Bertz CT molecular complexity index is 1420. The number of alkyl halides is 2. The maximum atomic E-state index is 13.9. The zero-order valence-electron chi connectivity index (χ0n) is 19.4. The van der Waals surface area contributed by atoms with Gasteiger partial charge >= 0.3 is 0 Å². The minimum atomic E-state index is -2.70. The summed E-state index contributed by atoms with van der Waals surface area (Å²) in [5.74, 6) is -0.955. The average molecular weight is 482 g/mol. The van der Waals surface area contributed by atoms with Crippen molar-refractivity contribution in [3.8, 4) is 5.69 Å². The maximum absolute atomic E-state index is 13.9. The second-order valence-corrected chi connectivity index (χ2v) is 9.49. The van der Waals surface area contributed by atoms with Crippen LogP contribution in [-0.2, 0) is 7.05 Å². The van der Waals surface area contributed by atoms with Gasteiger partial charge in [-0.05, 0) is 31.9 Å². The second-order valence-electron chi connectivity index (χ2n) is 9.49. The number of nitrogens with one attached hydrogen (secondary N) is 2. The van der Waals surface area contributed by atoms with Crippen molar-refractivity contribution in [2.75, 3.05) is 35.6 Å². The Morgan fingerprint density at radius 3 is 2.74 bits per heavy atom. The predicted molar refractivity (Wildman–Crippen MR) is 126 cm³/mol. The standard InChI is InChI=1S/C22H25F2N11/c1-14-27-20-19(35(14)16-3-4-16)7-17(9-25-20)32-6-5-18-21(32)33(31-11-22(23,24)12-31)13-34(29-18)28-15-8-26-30(2)10-15/h5-10,16,28-29H,3-4,11-13H2,1-2H3. The molecule has 7 rings (SSSR count). The molecule has 0 atom stereocenters. The Hall–Kier alpha value is -3.71. The van der Waals surface area contributed by atoms with Gasteiger partial charge in [0, 0.05) is 25.5 Å². The average Bonchev–Trinajstić information content (AvgIpc) is 3.25. The van der Waals surface area contributed by atoms with Crippen molar-refractivity contribution in [2.24, 2.45) is 7.05 Å². The fraction of sp³-hybridized carbons (Fsp3) is 0.409. The quantitative estimate of drug-likeness (QED) is 0.450. The van der Waals surface area contributed by atoms with E-state index in [2.05, 4.69) is 36.6 Å². The molecule has 2 aliphatic heterocycles. The minimum Gasteiger partial charge on any atom is -0.324 e. The molecule has 11 nitrogen and oxygen atoms in total. The summed E-state index contributed by atoms with van der Waals surface area (Å²) >= 11 is 0. The maximum Gasteiger partial charge on any atom is 0.276 e. The molecular formula is C22H25F2N11. The molecule has 2 N–H and O–H groups in total. The van der Waals surface area contributed by atoms with E-state index in [1.807, 2.05) is 42.0 Å². The van der Waals surface area contributed by atoms with Crippen molar-refractivity contribution < 1.29 is 8.78 Å². The number of hydrogen-bond acceptors (Lipinski definition) is 8. The third-order valence-electron chi connectivity index (χ3n) is 6.67. The molecule has 4 aromatic heterocycles. The number of imidazole rings is 1. The van der Waals surface area contributed by atoms with E-state index in [0.717, 1.165) is 52.7 Å². The van der Waals surface area contributed by atoms with Gasteiger partial charge in [-0.2, -0.15) is 5.10 Å². The molecule has 4 aromatic rings. The highest BCUT2D eigenvalue weighted by atomic mass is 19.3. The van der Waals surface area contributed by atoms with Gasteiger partial charge in [-0.15, -0.1) is 5.12 Å². The Kier molecular flexibility index (Phi) is 4.22. The van der Waals surface area contributed by atoms with E-state index in [0.29, 0.717) is 12.7 Å². The molecule has 1 aliphatic carbocycles. The van der Waals surface area contributed by atoms with Gasteiger partial charge in [0.25, 0.3) is 5.92 Å². The molecule has 0 radical (unpaired) electrons. The van der Waals surface area contributed by atoms with Gasteiger partial charge < -0.3 is 4.57 Å². The summed E-state index contributed by atoms with van der Waals surface area (Å²) < 4.78 is 33.7. The Labute approximate surface area is 199 Å². The molecule has 0 spiro atoms. The van der Waals surface area contributed by atoms with Gasteiger partial charge in [0.15, 0.2) is 11.5 Å². The molecule has 182 valence electrons. The van der Waals surface area contributed by atoms with Gasteiger partial charge in [-0.1, -0.05) is 0 Å². The number of aryl methyl sites for hydroxylation is 2. The molecule has 1 saturated carbocycles. The van der Waals surface area contributed by atoms with Crippen LogP contribution in [0.15, 0.2) is 36.9 Å². The highest BCUT2D eigenvalue weighted by molar-refractivity contribution is 5.77. The SMILES string of the molecule is Cc1nc2ncc(-n3ccc4c3N(N3CC(F)(F)C3)CN(Nc3cnn(C)c3)N4)cc2n1C1CC1. The fourth-order valence-electron chi connectivity index (χ4n) is 4.95. The number of nitrogens with zero attached hydrogens (tertiary/aromatic N) is 9. The molecule has 0 unspecified atom stereocenters. The van der Waals surface area contributed by atoms with Gasteiger partial charge in [0.05, 0.1) is 48.1 Å². The van der Waals surface area contributed by atoms with Crippen molar-refractivity contribution in [3.63, 3.8) is 0 Å². The van der Waals surface area contributed by atoms with Crippen molar-refractivity contribution in [3.05, 3.63) is 42.7 Å². The molecule has 35 heavy (non-hydrogen) atoms. The summed E-state index contributed by atoms with van der Waals surface area (Å²) in [5, 5.41) is 9.48. The first kappa shape index (κ1) is 20.6. The summed E-state index contributed by atoms with van der Waals surface area (Å²) in [4.78, 5) is 9.24. The third-order valence-corrected chi connectivity index (χ3v) is 6.67. The van der Waals surface area contributed by atoms with E-state index in [-0.39, 0.29) is 13.1 Å². The Balaban J connectivity index is 1.27. The molecule has 1 saturated heterocycles. The van der Waals surface area contributed by atoms with Crippen LogP contribution in [0.4, 0.5) is 26.0 Å². The first-order chi connectivity index (χ1) is 16.8. The van der Waals surface area contributed by atoms with Crippen LogP contribution in [0.2, 0.25) is 0 Å². The van der Waals surface area contributed by atoms with Gasteiger partial charge in [0.1, 0.15) is 12.5 Å². The number of hydrazine groups is 3. The first-order valence-electron chi connectivity index (χ1n) is 11.6. The van der Waals surface area contributed by atoms with Crippen molar-refractivity contribution in [1.82, 2.24) is 39.0 Å². The third kappa shape index (κ3) is 3.41. The lowest BCUT2D eigenvalue weighted by molar-refractivity contribution is -0.138. The normalized spacial score (nSPS) is 20.1. The summed E-state index contributed by atoms with van der Waals surface area (Å²) in [6.07, 6.45) is 9.57. The van der Waals surface area contributed by atoms with E-state index < -0.39 is 5.92 Å². The van der Waals surface area contributed by atoms with Crippen LogP contribution in [0.1, 0.15) is 24.7 Å². The number of rotatable bonds is 5. The highest BCUT2D eigenvalue weighted by Crippen LogP contribution is 2.41. The molecule has 0 aromatic carbocycles. The summed E-state index contributed by atoms with van der Waals surface area (Å²) in [6, 6.07) is 4.50. The summed E-state index contributed by atoms with van der Waals surface area (Å²) in [6.45, 7) is 1.65. The number of fused-ring (bicyclic) bond motifs is 2. The van der Waals surface area contributed by atoms with Gasteiger partial charge in [0.2, 0.25) is 0 Å². The van der Waals surface area contributed by atoms with Crippen LogP contribution < -0.4 is 15.9 Å². The topological polar surface area (TPSA) is 87.2 Å². The Morgan fingerprint density at radius 2 is 2.03 bits per heavy atom. The smallest absolute Gasteiger partial charge is 0.276 e. The van der Waals surface area contributed by atoms with Crippen LogP contribution in [0.3, 0.4) is 0 Å². The van der Waals surface area contributed by atoms with Crippen molar-refractivity contribution in [1.29, 1.82) is 0 Å². The zero-order chi connectivity index (χ0) is 23.9. The van der Waals surface area contributed by atoms with Crippen LogP contribution in [-0.4, -0.2) is 64.7 Å². The van der Waals surface area contributed by atoms with E-state index in [1.54, 1.807) is 27.2 Å². The molecule has 0 bridgehead atoms. The van der Waals surface area contributed by atoms with Crippen LogP contribution >= 0.6 is 0 Å². The lowest BCUT2D eigenvalue weighted by Gasteiger charge is -2.49.